The summed E-state index contributed by atoms with van der Waals surface area (Å²) in [5.41, 5.74) is 1.32. The van der Waals surface area contributed by atoms with Crippen LogP contribution < -0.4 is 4.90 Å². The van der Waals surface area contributed by atoms with Gasteiger partial charge < -0.3 is 4.90 Å². The monoisotopic (exact) mass is 497 g/mol. The van der Waals surface area contributed by atoms with Gasteiger partial charge in [-0.15, -0.1) is 10.7 Å². The van der Waals surface area contributed by atoms with E-state index in [1.54, 1.807) is 26.0 Å². The molecule has 0 saturated carbocycles. The summed E-state index contributed by atoms with van der Waals surface area (Å²) in [6.07, 6.45) is -3.62. The van der Waals surface area contributed by atoms with Gasteiger partial charge in [0.2, 0.25) is 0 Å². The molecular formula is C19H23ClF3N3O3S2. The van der Waals surface area contributed by atoms with Crippen molar-refractivity contribution in [3.63, 3.8) is 0 Å². The fraction of sp³-hybridized carbons (Fsp3) is 0.421. The molecule has 2 N–H and O–H groups in total. The quantitative estimate of drug-likeness (QED) is 0.580. The number of pyridine rings is 1. The summed E-state index contributed by atoms with van der Waals surface area (Å²) >= 11 is 5.86. The smallest absolute Gasteiger partial charge is 0.354 e. The molecule has 1 saturated heterocycles. The number of benzene rings is 1. The summed E-state index contributed by atoms with van der Waals surface area (Å²) in [4.78, 5) is 5.67. The number of alkyl halides is 3. The maximum Gasteiger partial charge on any atom is 0.417 e. The van der Waals surface area contributed by atoms with Crippen LogP contribution in [0.3, 0.4) is 0 Å². The molecule has 172 valence electrons. The lowest BCUT2D eigenvalue weighted by Gasteiger charge is -2.29. The average Bonchev–Trinajstić information content (AvgIpc) is 2.60. The Bertz CT molecular complexity index is 1060. The standard InChI is InChI=1S/C10H11ClF3N3S.C9H12O3S/c11-8-5-7(10(12,13)14)6-16-9(8)17-1-3-18(15)4-2-17;1-6-4-7(2)9(8(3)5-6)13(10,11)12/h5-6,15H,1-4H2;4-5H,1-3H3,(H,10,11,12). The second kappa shape index (κ2) is 9.85. The molecule has 0 atom stereocenters. The van der Waals surface area contributed by atoms with Gasteiger partial charge in [-0.05, 0) is 38.0 Å². The predicted molar refractivity (Wildman–Crippen MR) is 117 cm³/mol. The first kappa shape index (κ1) is 25.6. The van der Waals surface area contributed by atoms with Crippen molar-refractivity contribution in [1.82, 2.24) is 4.98 Å². The van der Waals surface area contributed by atoms with Gasteiger partial charge in [-0.3, -0.25) is 9.33 Å². The van der Waals surface area contributed by atoms with Gasteiger partial charge in [-0.2, -0.15) is 21.6 Å². The Balaban J connectivity index is 0.000000233. The Morgan fingerprint density at radius 3 is 2.06 bits per heavy atom. The molecule has 0 spiro atoms. The largest absolute Gasteiger partial charge is 0.417 e. The van der Waals surface area contributed by atoms with Crippen LogP contribution in [0.5, 0.6) is 0 Å². The average molecular weight is 498 g/mol. The van der Waals surface area contributed by atoms with E-state index in [-0.39, 0.29) is 20.6 Å². The summed E-state index contributed by atoms with van der Waals surface area (Å²) in [5, 5.41) is 0.0107. The molecule has 2 aromatic rings. The molecule has 6 nitrogen and oxygen atoms in total. The van der Waals surface area contributed by atoms with Crippen LogP contribution in [-0.4, -0.2) is 42.5 Å². The van der Waals surface area contributed by atoms with Crippen molar-refractivity contribution in [3.8, 4) is 0 Å². The van der Waals surface area contributed by atoms with Gasteiger partial charge in [0.15, 0.2) is 0 Å². The lowest BCUT2D eigenvalue weighted by Crippen LogP contribution is -2.38. The van der Waals surface area contributed by atoms with Crippen LogP contribution in [0.2, 0.25) is 5.02 Å². The van der Waals surface area contributed by atoms with E-state index in [4.69, 9.17) is 20.9 Å². The topological polar surface area (TPSA) is 94.3 Å². The summed E-state index contributed by atoms with van der Waals surface area (Å²) in [6, 6.07) is 4.37. The molecule has 1 aliphatic rings. The third kappa shape index (κ3) is 6.90. The number of nitrogens with zero attached hydrogens (tertiary/aromatic N) is 2. The van der Waals surface area contributed by atoms with Gasteiger partial charge in [-0.1, -0.05) is 29.3 Å². The second-order valence-corrected chi connectivity index (χ2v) is 10.7. The molecule has 0 aliphatic carbocycles. The Labute approximate surface area is 187 Å². The SMILES string of the molecule is Cc1cc(C)c(S(=O)(=O)O)c(C)c1.N=S1CCN(c2ncc(C(F)(F)F)cc2Cl)CC1. The molecule has 12 heteroatoms. The molecule has 3 rings (SSSR count). The number of hydrogen-bond acceptors (Lipinski definition) is 5. The van der Waals surface area contributed by atoms with E-state index >= 15 is 0 Å². The third-order valence-corrected chi connectivity index (χ3v) is 7.32. The molecule has 1 aromatic heterocycles. The number of anilines is 1. The van der Waals surface area contributed by atoms with Crippen molar-refractivity contribution in [2.75, 3.05) is 29.5 Å². The molecule has 0 unspecified atom stereocenters. The Morgan fingerprint density at radius 1 is 1.13 bits per heavy atom. The van der Waals surface area contributed by atoms with Crippen LogP contribution in [0.4, 0.5) is 19.0 Å². The zero-order valence-corrected chi connectivity index (χ0v) is 19.5. The molecule has 2 heterocycles. The summed E-state index contributed by atoms with van der Waals surface area (Å²) in [5.74, 6) is 1.79. The van der Waals surface area contributed by atoms with Crippen LogP contribution in [0.25, 0.3) is 0 Å². The maximum atomic E-state index is 12.5. The van der Waals surface area contributed by atoms with Crippen molar-refractivity contribution in [1.29, 1.82) is 4.78 Å². The van der Waals surface area contributed by atoms with Gasteiger partial charge in [0, 0.05) is 30.8 Å². The van der Waals surface area contributed by atoms with Crippen LogP contribution >= 0.6 is 11.6 Å². The molecular weight excluding hydrogens is 475 g/mol. The minimum Gasteiger partial charge on any atom is -0.354 e. The number of aryl methyl sites for hydroxylation is 3. The Hall–Kier alpha value is -1.69. The molecule has 0 bridgehead atoms. The van der Waals surface area contributed by atoms with Crippen molar-refractivity contribution in [3.05, 3.63) is 51.7 Å². The maximum absolute atomic E-state index is 12.5. The molecule has 1 aliphatic heterocycles. The lowest BCUT2D eigenvalue weighted by atomic mass is 10.1. The van der Waals surface area contributed by atoms with Gasteiger partial charge in [0.25, 0.3) is 10.1 Å². The van der Waals surface area contributed by atoms with E-state index in [2.05, 4.69) is 4.98 Å². The van der Waals surface area contributed by atoms with E-state index < -0.39 is 21.9 Å². The first-order chi connectivity index (χ1) is 14.2. The van der Waals surface area contributed by atoms with Crippen molar-refractivity contribution < 1.29 is 26.1 Å². The number of rotatable bonds is 2. The van der Waals surface area contributed by atoms with Crippen LogP contribution in [0.1, 0.15) is 22.3 Å². The highest BCUT2D eigenvalue weighted by atomic mass is 35.5. The van der Waals surface area contributed by atoms with Gasteiger partial charge in [0.05, 0.1) is 15.5 Å². The summed E-state index contributed by atoms with van der Waals surface area (Å²) < 4.78 is 75.8. The predicted octanol–water partition coefficient (Wildman–Crippen LogP) is 4.81. The zero-order chi connectivity index (χ0) is 23.6. The summed E-state index contributed by atoms with van der Waals surface area (Å²) in [7, 11) is -4.43. The minimum atomic E-state index is -4.43. The van der Waals surface area contributed by atoms with Crippen LogP contribution in [0, 0.1) is 25.6 Å². The Morgan fingerprint density at radius 2 is 1.65 bits per heavy atom. The van der Waals surface area contributed by atoms with Gasteiger partial charge >= 0.3 is 6.18 Å². The van der Waals surface area contributed by atoms with Gasteiger partial charge in [-0.25, -0.2) is 4.98 Å². The molecule has 1 fully saturated rings. The fourth-order valence-corrected chi connectivity index (χ4v) is 5.56. The molecule has 1 aromatic carbocycles. The van der Waals surface area contributed by atoms with Crippen molar-refractivity contribution >= 4 is 38.2 Å². The van der Waals surface area contributed by atoms with E-state index in [1.807, 2.05) is 11.8 Å². The third-order valence-electron chi connectivity index (χ3n) is 4.53. The highest BCUT2D eigenvalue weighted by Crippen LogP contribution is 2.33. The Kier molecular flexibility index (Phi) is 8.12. The number of aromatic nitrogens is 1. The number of halogens is 4. The molecule has 31 heavy (non-hydrogen) atoms. The highest BCUT2D eigenvalue weighted by molar-refractivity contribution is 7.86. The first-order valence-electron chi connectivity index (χ1n) is 9.12. The normalized spacial score (nSPS) is 15.4. The highest BCUT2D eigenvalue weighted by Gasteiger charge is 2.32. The van der Waals surface area contributed by atoms with Gasteiger partial charge in [0.1, 0.15) is 5.82 Å². The van der Waals surface area contributed by atoms with Crippen LogP contribution in [0.15, 0.2) is 29.3 Å². The van der Waals surface area contributed by atoms with Crippen molar-refractivity contribution in [2.24, 2.45) is 0 Å². The van der Waals surface area contributed by atoms with Crippen molar-refractivity contribution in [2.45, 2.75) is 31.8 Å². The minimum absolute atomic E-state index is 0.0107. The number of hydrogen-bond donors (Lipinski definition) is 2. The van der Waals surface area contributed by atoms with E-state index in [0.717, 1.165) is 17.8 Å². The molecule has 0 radical (unpaired) electrons. The first-order valence-corrected chi connectivity index (χ1v) is 12.5. The lowest BCUT2D eigenvalue weighted by molar-refractivity contribution is -0.137. The summed E-state index contributed by atoms with van der Waals surface area (Å²) in [6.45, 7) is 6.45. The number of nitrogens with one attached hydrogen (secondary N) is 1. The second-order valence-electron chi connectivity index (χ2n) is 7.12. The van der Waals surface area contributed by atoms with E-state index in [9.17, 15) is 21.6 Å². The zero-order valence-electron chi connectivity index (χ0n) is 17.1. The molecule has 0 amide bonds. The van der Waals surface area contributed by atoms with Crippen LogP contribution in [-0.2, 0) is 27.0 Å². The van der Waals surface area contributed by atoms with E-state index in [1.165, 1.54) is 0 Å². The van der Waals surface area contributed by atoms with E-state index in [0.29, 0.717) is 41.5 Å². The fourth-order valence-electron chi connectivity index (χ4n) is 3.26.